The highest BCUT2D eigenvalue weighted by Crippen LogP contribution is 2.35. The fraction of sp³-hybridized carbons (Fsp3) is 0.562. The Morgan fingerprint density at radius 2 is 2.00 bits per heavy atom. The van der Waals surface area contributed by atoms with Crippen LogP contribution in [0.4, 0.5) is 0 Å². The number of carbonyl (C=O) groups is 1. The maximum atomic E-state index is 11.8. The van der Waals surface area contributed by atoms with E-state index in [1.807, 2.05) is 31.2 Å². The molecule has 0 heterocycles. The van der Waals surface area contributed by atoms with Crippen molar-refractivity contribution in [2.45, 2.75) is 36.4 Å². The molecule has 0 aromatic heterocycles. The molecule has 0 bridgehead atoms. The summed E-state index contributed by atoms with van der Waals surface area (Å²) in [6.07, 6.45) is 1.71. The molecule has 3 unspecified atom stereocenters. The second-order valence-electron chi connectivity index (χ2n) is 5.13. The molecule has 5 heteroatoms. The van der Waals surface area contributed by atoms with Crippen LogP contribution in [0.1, 0.15) is 25.3 Å². The summed E-state index contributed by atoms with van der Waals surface area (Å²) in [5.74, 6) is 0.733. The Hall–Kier alpha value is -0.820. The van der Waals surface area contributed by atoms with Crippen molar-refractivity contribution in [3.05, 3.63) is 29.8 Å². The molecular weight excluding hydrogens is 383 g/mol. The van der Waals surface area contributed by atoms with E-state index in [9.17, 15) is 4.79 Å². The fourth-order valence-electron chi connectivity index (χ4n) is 2.50. The summed E-state index contributed by atoms with van der Waals surface area (Å²) < 4.78 is 16.6. The first kappa shape index (κ1) is 16.5. The number of hydrogen-bond donors (Lipinski definition) is 0. The van der Waals surface area contributed by atoms with E-state index in [0.717, 1.165) is 24.2 Å². The normalized spacial score (nSPS) is 24.8. The molecule has 116 valence electrons. The van der Waals surface area contributed by atoms with Crippen LogP contribution < -0.4 is 4.74 Å². The largest absolute Gasteiger partial charge is 0.497 e. The second kappa shape index (κ2) is 7.98. The molecule has 1 aliphatic carbocycles. The number of esters is 1. The molecule has 0 amide bonds. The van der Waals surface area contributed by atoms with Crippen molar-refractivity contribution >= 4 is 28.6 Å². The van der Waals surface area contributed by atoms with E-state index in [-0.39, 0.29) is 18.0 Å². The van der Waals surface area contributed by atoms with Crippen LogP contribution in [-0.2, 0) is 20.9 Å². The molecule has 21 heavy (non-hydrogen) atoms. The van der Waals surface area contributed by atoms with E-state index in [2.05, 4.69) is 22.6 Å². The fourth-order valence-corrected chi connectivity index (χ4v) is 3.61. The van der Waals surface area contributed by atoms with Crippen molar-refractivity contribution in [1.29, 1.82) is 0 Å². The van der Waals surface area contributed by atoms with E-state index in [4.69, 9.17) is 14.2 Å². The molecule has 0 radical (unpaired) electrons. The lowest BCUT2D eigenvalue weighted by molar-refractivity contribution is -0.148. The van der Waals surface area contributed by atoms with Gasteiger partial charge in [0.25, 0.3) is 0 Å². The molecule has 1 aliphatic rings. The number of rotatable bonds is 6. The Bertz CT molecular complexity index is 460. The van der Waals surface area contributed by atoms with Gasteiger partial charge in [0.05, 0.1) is 32.3 Å². The van der Waals surface area contributed by atoms with Crippen molar-refractivity contribution in [3.63, 3.8) is 0 Å². The summed E-state index contributed by atoms with van der Waals surface area (Å²) in [6.45, 7) is 2.84. The Labute approximate surface area is 139 Å². The van der Waals surface area contributed by atoms with Gasteiger partial charge in [-0.1, -0.05) is 34.7 Å². The average Bonchev–Trinajstić information content (AvgIpc) is 2.87. The molecule has 0 saturated heterocycles. The third kappa shape index (κ3) is 4.57. The van der Waals surface area contributed by atoms with E-state index in [0.29, 0.717) is 17.1 Å². The van der Waals surface area contributed by atoms with E-state index in [1.54, 1.807) is 7.11 Å². The van der Waals surface area contributed by atoms with Crippen LogP contribution in [0, 0.1) is 5.92 Å². The van der Waals surface area contributed by atoms with Gasteiger partial charge >= 0.3 is 5.97 Å². The van der Waals surface area contributed by atoms with Gasteiger partial charge < -0.3 is 14.2 Å². The summed E-state index contributed by atoms with van der Waals surface area (Å²) in [7, 11) is 1.65. The van der Waals surface area contributed by atoms with Gasteiger partial charge in [-0.15, -0.1) is 0 Å². The predicted molar refractivity (Wildman–Crippen MR) is 88.7 cm³/mol. The Morgan fingerprint density at radius 1 is 1.29 bits per heavy atom. The van der Waals surface area contributed by atoms with Crippen LogP contribution in [0.25, 0.3) is 0 Å². The first-order chi connectivity index (χ1) is 10.1. The molecule has 1 saturated carbocycles. The third-order valence-corrected chi connectivity index (χ3v) is 4.98. The highest BCUT2D eigenvalue weighted by molar-refractivity contribution is 14.1. The molecule has 0 aliphatic heterocycles. The number of halogens is 1. The monoisotopic (exact) mass is 404 g/mol. The number of alkyl halides is 1. The van der Waals surface area contributed by atoms with Gasteiger partial charge in [0, 0.05) is 3.92 Å². The molecule has 1 aromatic rings. The average molecular weight is 404 g/mol. The summed E-state index contributed by atoms with van der Waals surface area (Å²) in [5, 5.41) is 0. The number of methoxy groups -OCH3 is 1. The van der Waals surface area contributed by atoms with Crippen molar-refractivity contribution in [1.82, 2.24) is 0 Å². The zero-order chi connectivity index (χ0) is 15.2. The Kier molecular flexibility index (Phi) is 6.29. The minimum atomic E-state index is -0.0882. The quantitative estimate of drug-likeness (QED) is 0.415. The predicted octanol–water partition coefficient (Wildman–Crippen LogP) is 3.36. The molecule has 0 spiro atoms. The first-order valence-electron chi connectivity index (χ1n) is 7.19. The standard InChI is InChI=1S/C16H21IO4/c1-3-20-16(18)12-8-14(17)15(9-12)21-10-11-4-6-13(19-2)7-5-11/h4-7,12,14-15H,3,8-10H2,1-2H3. The minimum Gasteiger partial charge on any atom is -0.497 e. The van der Waals surface area contributed by atoms with Crippen molar-refractivity contribution in [3.8, 4) is 5.75 Å². The topological polar surface area (TPSA) is 44.8 Å². The summed E-state index contributed by atoms with van der Waals surface area (Å²) in [6, 6.07) is 7.85. The first-order valence-corrected chi connectivity index (χ1v) is 8.43. The molecule has 1 fully saturated rings. The summed E-state index contributed by atoms with van der Waals surface area (Å²) >= 11 is 2.37. The van der Waals surface area contributed by atoms with Crippen LogP contribution in [-0.4, -0.2) is 29.7 Å². The summed E-state index contributed by atoms with van der Waals surface area (Å²) in [4.78, 5) is 11.8. The molecule has 2 rings (SSSR count). The van der Waals surface area contributed by atoms with E-state index in [1.165, 1.54) is 0 Å². The van der Waals surface area contributed by atoms with Gasteiger partial charge in [0.1, 0.15) is 5.75 Å². The lowest BCUT2D eigenvalue weighted by atomic mass is 10.1. The van der Waals surface area contributed by atoms with Crippen LogP contribution in [0.15, 0.2) is 24.3 Å². The van der Waals surface area contributed by atoms with Crippen LogP contribution in [0.5, 0.6) is 5.75 Å². The van der Waals surface area contributed by atoms with Gasteiger partial charge in [-0.3, -0.25) is 4.79 Å². The number of benzene rings is 1. The van der Waals surface area contributed by atoms with E-state index >= 15 is 0 Å². The van der Waals surface area contributed by atoms with Gasteiger partial charge in [0.15, 0.2) is 0 Å². The van der Waals surface area contributed by atoms with Crippen molar-refractivity contribution in [2.75, 3.05) is 13.7 Å². The zero-order valence-corrected chi connectivity index (χ0v) is 14.5. The Balaban J connectivity index is 1.84. The third-order valence-electron chi connectivity index (χ3n) is 3.67. The van der Waals surface area contributed by atoms with Crippen molar-refractivity contribution in [2.24, 2.45) is 5.92 Å². The highest BCUT2D eigenvalue weighted by atomic mass is 127. The molecule has 4 nitrogen and oxygen atoms in total. The lowest BCUT2D eigenvalue weighted by Crippen LogP contribution is -2.18. The minimum absolute atomic E-state index is 0.0206. The van der Waals surface area contributed by atoms with Crippen LogP contribution >= 0.6 is 22.6 Å². The molecular formula is C16H21IO4. The number of ether oxygens (including phenoxy) is 3. The maximum absolute atomic E-state index is 11.8. The molecule has 1 aromatic carbocycles. The summed E-state index contributed by atoms with van der Waals surface area (Å²) in [5.41, 5.74) is 1.11. The van der Waals surface area contributed by atoms with E-state index < -0.39 is 0 Å². The van der Waals surface area contributed by atoms with Gasteiger partial charge in [-0.2, -0.15) is 0 Å². The smallest absolute Gasteiger partial charge is 0.309 e. The van der Waals surface area contributed by atoms with Crippen LogP contribution in [0.3, 0.4) is 0 Å². The maximum Gasteiger partial charge on any atom is 0.309 e. The lowest BCUT2D eigenvalue weighted by Gasteiger charge is -2.15. The van der Waals surface area contributed by atoms with Crippen molar-refractivity contribution < 1.29 is 19.0 Å². The van der Waals surface area contributed by atoms with Gasteiger partial charge in [-0.25, -0.2) is 0 Å². The molecule has 3 atom stereocenters. The number of hydrogen-bond acceptors (Lipinski definition) is 4. The number of carbonyl (C=O) groups excluding carboxylic acids is 1. The SMILES string of the molecule is CCOC(=O)C1CC(I)C(OCc2ccc(OC)cc2)C1. The van der Waals surface area contributed by atoms with Crippen LogP contribution in [0.2, 0.25) is 0 Å². The molecule has 0 N–H and O–H groups in total. The highest BCUT2D eigenvalue weighted by Gasteiger charge is 2.37. The van der Waals surface area contributed by atoms with Gasteiger partial charge in [-0.05, 0) is 37.5 Å². The Morgan fingerprint density at radius 3 is 2.62 bits per heavy atom. The second-order valence-corrected chi connectivity index (χ2v) is 6.73. The zero-order valence-electron chi connectivity index (χ0n) is 12.4. The van der Waals surface area contributed by atoms with Gasteiger partial charge in [0.2, 0.25) is 0 Å².